The summed E-state index contributed by atoms with van der Waals surface area (Å²) in [4.78, 5) is 0. The fraction of sp³-hybridized carbons (Fsp3) is 0.571. The molecule has 0 amide bonds. The number of rotatable bonds is 2. The molecule has 0 aliphatic carbocycles. The lowest BCUT2D eigenvalue weighted by atomic mass is 9.75. The first-order valence-electron chi connectivity index (χ1n) is 5.98. The number of benzene rings is 1. The lowest BCUT2D eigenvalue weighted by Gasteiger charge is -2.37. The molecule has 2 rings (SSSR count). The molecule has 16 heavy (non-hydrogen) atoms. The molecule has 0 bridgehead atoms. The molecule has 1 saturated heterocycles. The zero-order valence-electron chi connectivity index (χ0n) is 10.2. The fourth-order valence-electron chi connectivity index (χ4n) is 2.96. The predicted octanol–water partition coefficient (Wildman–Crippen LogP) is 2.91. The van der Waals surface area contributed by atoms with E-state index in [4.69, 9.17) is 4.74 Å². The van der Waals surface area contributed by atoms with Gasteiger partial charge in [-0.15, -0.1) is 0 Å². The maximum atomic E-state index is 9.72. The van der Waals surface area contributed by atoms with Crippen molar-refractivity contribution in [3.05, 3.63) is 35.9 Å². The fourth-order valence-corrected chi connectivity index (χ4v) is 2.96. The van der Waals surface area contributed by atoms with Crippen molar-refractivity contribution in [3.63, 3.8) is 0 Å². The average Bonchev–Trinajstić information content (AvgIpc) is 2.56. The van der Waals surface area contributed by atoms with Crippen LogP contribution in [0.5, 0.6) is 0 Å². The molecule has 1 aliphatic rings. The van der Waals surface area contributed by atoms with Crippen molar-refractivity contribution in [2.45, 2.75) is 39.1 Å². The summed E-state index contributed by atoms with van der Waals surface area (Å²) in [7, 11) is 0. The van der Waals surface area contributed by atoms with E-state index in [-0.39, 0.29) is 5.60 Å². The second kappa shape index (κ2) is 4.19. The van der Waals surface area contributed by atoms with E-state index in [0.29, 0.717) is 18.3 Å². The first-order valence-corrected chi connectivity index (χ1v) is 5.98. The summed E-state index contributed by atoms with van der Waals surface area (Å²) in [6.07, 6.45) is 0.0881. The van der Waals surface area contributed by atoms with Gasteiger partial charge in [0.15, 0.2) is 6.29 Å². The van der Waals surface area contributed by atoms with E-state index in [1.807, 2.05) is 18.2 Å². The molecule has 1 fully saturated rings. The first-order chi connectivity index (χ1) is 7.57. The molecule has 88 valence electrons. The molecule has 1 aromatic carbocycles. The summed E-state index contributed by atoms with van der Waals surface area (Å²) < 4.78 is 5.86. The molecule has 1 N–H and O–H groups in total. The Hall–Kier alpha value is -0.860. The van der Waals surface area contributed by atoms with Crippen LogP contribution in [0.2, 0.25) is 0 Å². The number of ether oxygens (including phenoxy) is 1. The van der Waals surface area contributed by atoms with Gasteiger partial charge in [-0.25, -0.2) is 0 Å². The standard InChI is InChI=1S/C14H20O2/c1-10(2)14(11(3)9-13(15)16-14)12-7-5-4-6-8-12/h4-8,10-11,13,15H,9H2,1-3H3. The summed E-state index contributed by atoms with van der Waals surface area (Å²) in [6, 6.07) is 10.2. The maximum Gasteiger partial charge on any atom is 0.156 e. The van der Waals surface area contributed by atoms with Crippen LogP contribution in [-0.2, 0) is 10.3 Å². The third kappa shape index (κ3) is 1.66. The van der Waals surface area contributed by atoms with Crippen LogP contribution in [-0.4, -0.2) is 11.4 Å². The number of hydrogen-bond acceptors (Lipinski definition) is 2. The highest BCUT2D eigenvalue weighted by Crippen LogP contribution is 2.48. The SMILES string of the molecule is CC(C)C1(c2ccccc2)OC(O)CC1C. The van der Waals surface area contributed by atoms with Crippen molar-refractivity contribution in [1.29, 1.82) is 0 Å². The number of hydrogen-bond donors (Lipinski definition) is 1. The predicted molar refractivity (Wildman–Crippen MR) is 63.8 cm³/mol. The summed E-state index contributed by atoms with van der Waals surface area (Å²) in [5, 5.41) is 9.72. The van der Waals surface area contributed by atoms with Crippen molar-refractivity contribution in [2.24, 2.45) is 11.8 Å². The van der Waals surface area contributed by atoms with Crippen LogP contribution in [0.3, 0.4) is 0 Å². The zero-order valence-corrected chi connectivity index (χ0v) is 10.2. The van der Waals surface area contributed by atoms with Gasteiger partial charge in [0.05, 0.1) is 0 Å². The van der Waals surface area contributed by atoms with Gasteiger partial charge < -0.3 is 9.84 Å². The maximum absolute atomic E-state index is 9.72. The van der Waals surface area contributed by atoms with Crippen LogP contribution in [0.15, 0.2) is 30.3 Å². The Morgan fingerprint density at radius 2 is 1.94 bits per heavy atom. The van der Waals surface area contributed by atoms with E-state index in [1.165, 1.54) is 5.56 Å². The highest BCUT2D eigenvalue weighted by molar-refractivity contribution is 5.25. The van der Waals surface area contributed by atoms with Crippen LogP contribution in [0, 0.1) is 11.8 Å². The van der Waals surface area contributed by atoms with Crippen LogP contribution in [0.1, 0.15) is 32.8 Å². The molecule has 2 nitrogen and oxygen atoms in total. The van der Waals surface area contributed by atoms with Crippen LogP contribution >= 0.6 is 0 Å². The van der Waals surface area contributed by atoms with Crippen molar-refractivity contribution in [3.8, 4) is 0 Å². The van der Waals surface area contributed by atoms with E-state index in [0.717, 1.165) is 0 Å². The van der Waals surface area contributed by atoms with Gasteiger partial charge in [0.2, 0.25) is 0 Å². The second-order valence-electron chi connectivity index (χ2n) is 5.02. The Morgan fingerprint density at radius 1 is 1.31 bits per heavy atom. The Bertz CT molecular complexity index is 347. The molecule has 0 radical (unpaired) electrons. The third-order valence-electron chi connectivity index (χ3n) is 3.70. The molecule has 0 aromatic heterocycles. The summed E-state index contributed by atoms with van der Waals surface area (Å²) >= 11 is 0. The van der Waals surface area contributed by atoms with Gasteiger partial charge >= 0.3 is 0 Å². The minimum absolute atomic E-state index is 0.333. The minimum Gasteiger partial charge on any atom is -0.368 e. The zero-order chi connectivity index (χ0) is 11.8. The lowest BCUT2D eigenvalue weighted by molar-refractivity contribution is -0.165. The van der Waals surface area contributed by atoms with Crippen molar-refractivity contribution < 1.29 is 9.84 Å². The van der Waals surface area contributed by atoms with E-state index in [9.17, 15) is 5.11 Å². The minimum atomic E-state index is -0.627. The Labute approximate surface area is 97.3 Å². The summed E-state index contributed by atoms with van der Waals surface area (Å²) in [5.41, 5.74) is 0.842. The van der Waals surface area contributed by atoms with Crippen LogP contribution < -0.4 is 0 Å². The van der Waals surface area contributed by atoms with Crippen molar-refractivity contribution >= 4 is 0 Å². The highest BCUT2D eigenvalue weighted by Gasteiger charge is 2.49. The number of aliphatic hydroxyl groups is 1. The van der Waals surface area contributed by atoms with E-state index < -0.39 is 6.29 Å². The van der Waals surface area contributed by atoms with Crippen molar-refractivity contribution in [1.82, 2.24) is 0 Å². The van der Waals surface area contributed by atoms with E-state index in [1.54, 1.807) is 0 Å². The Kier molecular flexibility index (Phi) is 3.04. The molecule has 3 atom stereocenters. The van der Waals surface area contributed by atoms with Crippen LogP contribution in [0.25, 0.3) is 0 Å². The monoisotopic (exact) mass is 220 g/mol. The van der Waals surface area contributed by atoms with Gasteiger partial charge in [0.25, 0.3) is 0 Å². The quantitative estimate of drug-likeness (QED) is 0.830. The number of aliphatic hydroxyl groups excluding tert-OH is 1. The molecule has 1 aliphatic heterocycles. The van der Waals surface area contributed by atoms with Crippen LogP contribution in [0.4, 0.5) is 0 Å². The van der Waals surface area contributed by atoms with Gasteiger partial charge in [-0.1, -0.05) is 51.1 Å². The molecular formula is C14H20O2. The molecule has 2 heteroatoms. The summed E-state index contributed by atoms with van der Waals surface area (Å²) in [5.74, 6) is 0.687. The molecule has 3 unspecified atom stereocenters. The smallest absolute Gasteiger partial charge is 0.156 e. The van der Waals surface area contributed by atoms with Gasteiger partial charge in [-0.3, -0.25) is 0 Å². The largest absolute Gasteiger partial charge is 0.368 e. The Morgan fingerprint density at radius 3 is 2.38 bits per heavy atom. The average molecular weight is 220 g/mol. The van der Waals surface area contributed by atoms with E-state index >= 15 is 0 Å². The summed E-state index contributed by atoms with van der Waals surface area (Å²) in [6.45, 7) is 6.46. The molecule has 1 aromatic rings. The molecular weight excluding hydrogens is 200 g/mol. The van der Waals surface area contributed by atoms with Gasteiger partial charge in [-0.05, 0) is 17.4 Å². The van der Waals surface area contributed by atoms with E-state index in [2.05, 4.69) is 32.9 Å². The topological polar surface area (TPSA) is 29.5 Å². The molecule has 0 saturated carbocycles. The molecule has 0 spiro atoms. The molecule has 1 heterocycles. The highest BCUT2D eigenvalue weighted by atomic mass is 16.6. The lowest BCUT2D eigenvalue weighted by Crippen LogP contribution is -2.37. The normalized spacial score (nSPS) is 34.6. The first kappa shape index (κ1) is 11.6. The van der Waals surface area contributed by atoms with Crippen molar-refractivity contribution in [2.75, 3.05) is 0 Å². The van der Waals surface area contributed by atoms with Gasteiger partial charge in [-0.2, -0.15) is 0 Å². The third-order valence-corrected chi connectivity index (χ3v) is 3.70. The van der Waals surface area contributed by atoms with Gasteiger partial charge in [0, 0.05) is 6.42 Å². The Balaban J connectivity index is 2.45. The second-order valence-corrected chi connectivity index (χ2v) is 5.02. The van der Waals surface area contributed by atoms with Gasteiger partial charge in [0.1, 0.15) is 5.60 Å².